The van der Waals surface area contributed by atoms with Gasteiger partial charge in [0.05, 0.1) is 18.8 Å². The zero-order valence-corrected chi connectivity index (χ0v) is 18.4. The van der Waals surface area contributed by atoms with E-state index in [2.05, 4.69) is 0 Å². The molecule has 3 saturated heterocycles. The minimum atomic E-state index is -1.75. The van der Waals surface area contributed by atoms with E-state index in [9.17, 15) is 40.9 Å². The topological polar surface area (TPSA) is 217 Å². The smallest absolute Gasteiger partial charge is 0.187 e. The molecule has 33 heavy (non-hydrogen) atoms. The number of hydrogen-bond donors (Lipinski definition) is 8. The van der Waals surface area contributed by atoms with Gasteiger partial charge in [-0.2, -0.15) is 0 Å². The molecule has 0 radical (unpaired) electrons. The van der Waals surface area contributed by atoms with Gasteiger partial charge in [-0.3, -0.25) is 0 Å². The van der Waals surface area contributed by atoms with Crippen LogP contribution in [0, 0.1) is 0 Å². The Bertz CT molecular complexity index is 623. The number of methoxy groups -OCH3 is 1. The molecule has 15 unspecified atom stereocenters. The van der Waals surface area contributed by atoms with Crippen molar-refractivity contribution in [3.8, 4) is 0 Å². The summed E-state index contributed by atoms with van der Waals surface area (Å²) >= 11 is 0. The van der Waals surface area contributed by atoms with Crippen LogP contribution in [0.2, 0.25) is 0 Å². The molecule has 0 bridgehead atoms. The normalized spacial score (nSPS) is 53.7. The van der Waals surface area contributed by atoms with E-state index in [1.54, 1.807) is 0 Å². The molecule has 0 amide bonds. The summed E-state index contributed by atoms with van der Waals surface area (Å²) in [5.74, 6) is 0. The van der Waals surface area contributed by atoms with Crippen LogP contribution in [-0.2, 0) is 28.4 Å². The van der Waals surface area contributed by atoms with Gasteiger partial charge in [-0.05, 0) is 13.8 Å². The van der Waals surface area contributed by atoms with Gasteiger partial charge in [0, 0.05) is 7.11 Å². The molecule has 3 aliphatic heterocycles. The van der Waals surface area contributed by atoms with Gasteiger partial charge < -0.3 is 69.3 Å². The first-order chi connectivity index (χ1) is 15.5. The summed E-state index contributed by atoms with van der Waals surface area (Å²) in [6, 6.07) is 0. The van der Waals surface area contributed by atoms with E-state index in [0.29, 0.717) is 0 Å². The standard InChI is InChI=1S/C19H34O14/c1-5-8(21)11(24)13(26)17(29-5)33-16-15(9(22)6(2)30-19(16)28-3)32-18-14(27)12(25)10(23)7(4-20)31-18/h5-27H,4H2,1-3H3. The highest BCUT2D eigenvalue weighted by Gasteiger charge is 2.53. The second-order valence-corrected chi connectivity index (χ2v) is 8.52. The summed E-state index contributed by atoms with van der Waals surface area (Å²) in [6.45, 7) is 2.29. The Morgan fingerprint density at radius 2 is 1.06 bits per heavy atom. The van der Waals surface area contributed by atoms with Gasteiger partial charge in [0.2, 0.25) is 0 Å². The number of ether oxygens (including phenoxy) is 6. The molecular formula is C19H34O14. The lowest BCUT2D eigenvalue weighted by Crippen LogP contribution is -2.66. The molecule has 15 atom stereocenters. The fraction of sp³-hybridized carbons (Fsp3) is 1.00. The molecule has 14 nitrogen and oxygen atoms in total. The Balaban J connectivity index is 1.83. The van der Waals surface area contributed by atoms with Crippen molar-refractivity contribution >= 4 is 0 Å². The first kappa shape index (κ1) is 27.0. The second-order valence-electron chi connectivity index (χ2n) is 8.52. The van der Waals surface area contributed by atoms with E-state index in [4.69, 9.17) is 28.4 Å². The van der Waals surface area contributed by atoms with E-state index in [1.807, 2.05) is 0 Å². The first-order valence-electron chi connectivity index (χ1n) is 10.7. The molecule has 0 aromatic carbocycles. The molecule has 3 rings (SSSR count). The Labute approximate surface area is 189 Å². The number of hydrogen-bond acceptors (Lipinski definition) is 14. The molecular weight excluding hydrogens is 452 g/mol. The van der Waals surface area contributed by atoms with Gasteiger partial charge in [-0.15, -0.1) is 0 Å². The number of aliphatic hydroxyl groups excluding tert-OH is 8. The van der Waals surface area contributed by atoms with Gasteiger partial charge in [-0.25, -0.2) is 0 Å². The average molecular weight is 486 g/mol. The first-order valence-corrected chi connectivity index (χ1v) is 10.7. The molecule has 0 aromatic rings. The van der Waals surface area contributed by atoms with E-state index in [-0.39, 0.29) is 0 Å². The fourth-order valence-electron chi connectivity index (χ4n) is 4.09. The summed E-state index contributed by atoms with van der Waals surface area (Å²) in [5, 5.41) is 80.8. The average Bonchev–Trinajstić information content (AvgIpc) is 2.80. The van der Waals surface area contributed by atoms with Crippen molar-refractivity contribution in [2.45, 2.75) is 106 Å². The predicted molar refractivity (Wildman–Crippen MR) is 103 cm³/mol. The van der Waals surface area contributed by atoms with E-state index in [0.717, 1.165) is 0 Å². The Morgan fingerprint density at radius 3 is 1.64 bits per heavy atom. The highest BCUT2D eigenvalue weighted by atomic mass is 16.8. The van der Waals surface area contributed by atoms with Crippen molar-refractivity contribution in [2.24, 2.45) is 0 Å². The third-order valence-corrected chi connectivity index (χ3v) is 6.23. The van der Waals surface area contributed by atoms with Crippen molar-refractivity contribution in [1.82, 2.24) is 0 Å². The Hall–Kier alpha value is -0.560. The highest BCUT2D eigenvalue weighted by Crippen LogP contribution is 2.33. The molecule has 8 N–H and O–H groups in total. The van der Waals surface area contributed by atoms with Crippen molar-refractivity contribution < 1.29 is 69.3 Å². The molecule has 194 valence electrons. The van der Waals surface area contributed by atoms with Crippen LogP contribution >= 0.6 is 0 Å². The van der Waals surface area contributed by atoms with Gasteiger partial charge in [0.15, 0.2) is 18.9 Å². The fourth-order valence-corrected chi connectivity index (χ4v) is 4.09. The molecule has 0 aliphatic carbocycles. The van der Waals surface area contributed by atoms with Crippen LogP contribution in [0.4, 0.5) is 0 Å². The van der Waals surface area contributed by atoms with E-state index < -0.39 is 98.7 Å². The van der Waals surface area contributed by atoms with Crippen LogP contribution in [0.5, 0.6) is 0 Å². The summed E-state index contributed by atoms with van der Waals surface area (Å²) in [4.78, 5) is 0. The predicted octanol–water partition coefficient (Wildman–Crippen LogP) is -4.86. The molecule has 3 aliphatic rings. The molecule has 3 fully saturated rings. The van der Waals surface area contributed by atoms with Crippen molar-refractivity contribution in [3.63, 3.8) is 0 Å². The molecule has 0 saturated carbocycles. The molecule has 3 heterocycles. The lowest BCUT2D eigenvalue weighted by molar-refractivity contribution is -0.386. The SMILES string of the molecule is COC1OC(C)C(O)C(OC2OC(CO)C(O)C(O)C2O)C1OC1OC(C)C(O)C(O)C1O. The third kappa shape index (κ3) is 5.34. The van der Waals surface area contributed by atoms with Crippen LogP contribution in [0.25, 0.3) is 0 Å². The highest BCUT2D eigenvalue weighted by molar-refractivity contribution is 4.95. The minimum absolute atomic E-state index is 0.682. The van der Waals surface area contributed by atoms with Crippen LogP contribution in [0.3, 0.4) is 0 Å². The largest absolute Gasteiger partial charge is 0.394 e. The van der Waals surface area contributed by atoms with Crippen LogP contribution in [0.1, 0.15) is 13.8 Å². The van der Waals surface area contributed by atoms with Crippen molar-refractivity contribution in [3.05, 3.63) is 0 Å². The Morgan fingerprint density at radius 1 is 0.576 bits per heavy atom. The lowest BCUT2D eigenvalue weighted by Gasteiger charge is -2.48. The molecule has 0 spiro atoms. The summed E-state index contributed by atoms with van der Waals surface area (Å²) in [6.07, 6.45) is -21.0. The third-order valence-electron chi connectivity index (χ3n) is 6.23. The zero-order chi connectivity index (χ0) is 24.6. The summed E-state index contributed by atoms with van der Waals surface area (Å²) in [5.41, 5.74) is 0. The maximum absolute atomic E-state index is 10.7. The van der Waals surface area contributed by atoms with Gasteiger partial charge in [0.25, 0.3) is 0 Å². The second kappa shape index (κ2) is 11.0. The van der Waals surface area contributed by atoms with Gasteiger partial charge in [-0.1, -0.05) is 0 Å². The van der Waals surface area contributed by atoms with E-state index >= 15 is 0 Å². The van der Waals surface area contributed by atoms with Gasteiger partial charge in [0.1, 0.15) is 61.0 Å². The maximum Gasteiger partial charge on any atom is 0.187 e. The van der Waals surface area contributed by atoms with Crippen LogP contribution in [0.15, 0.2) is 0 Å². The lowest BCUT2D eigenvalue weighted by atomic mass is 9.96. The zero-order valence-electron chi connectivity index (χ0n) is 18.4. The Kier molecular flexibility index (Phi) is 9.02. The molecule has 14 heteroatoms. The monoisotopic (exact) mass is 486 g/mol. The van der Waals surface area contributed by atoms with Crippen LogP contribution < -0.4 is 0 Å². The van der Waals surface area contributed by atoms with Crippen LogP contribution in [-0.4, -0.2) is 147 Å². The van der Waals surface area contributed by atoms with E-state index in [1.165, 1.54) is 21.0 Å². The summed E-state index contributed by atoms with van der Waals surface area (Å²) in [7, 11) is 1.29. The number of aliphatic hydroxyl groups is 8. The van der Waals surface area contributed by atoms with Crippen molar-refractivity contribution in [1.29, 1.82) is 0 Å². The summed E-state index contributed by atoms with van der Waals surface area (Å²) < 4.78 is 33.2. The number of rotatable bonds is 6. The maximum atomic E-state index is 10.7. The molecule has 0 aromatic heterocycles. The van der Waals surface area contributed by atoms with Gasteiger partial charge >= 0.3 is 0 Å². The quantitative estimate of drug-likeness (QED) is 0.177. The minimum Gasteiger partial charge on any atom is -0.394 e. The van der Waals surface area contributed by atoms with Crippen molar-refractivity contribution in [2.75, 3.05) is 13.7 Å².